The molecule has 1 amide bonds. The molecule has 26 heavy (non-hydrogen) atoms. The number of halogens is 1. The zero-order valence-corrected chi connectivity index (χ0v) is 15.0. The fourth-order valence-electron chi connectivity index (χ4n) is 3.00. The standard InChI is InChI=1S/C21H23FN2O2/c1-14(21(26)23-19-5-3-4-17(12-19)15(2)25)24(20-10-11-20)13-16-6-8-18(22)9-7-16/h3-9,12,14,20H,10-11,13H2,1-2H3,(H,23,26)/t14-/m1/s1. The number of benzene rings is 2. The van der Waals surface area contributed by atoms with E-state index in [1.54, 1.807) is 36.4 Å². The smallest absolute Gasteiger partial charge is 0.241 e. The average molecular weight is 354 g/mol. The number of carbonyl (C=O) groups excluding carboxylic acids is 2. The Hall–Kier alpha value is -2.53. The minimum absolute atomic E-state index is 0.0370. The lowest BCUT2D eigenvalue weighted by atomic mass is 10.1. The summed E-state index contributed by atoms with van der Waals surface area (Å²) in [6.07, 6.45) is 2.14. The summed E-state index contributed by atoms with van der Waals surface area (Å²) in [6, 6.07) is 13.4. The van der Waals surface area contributed by atoms with Crippen molar-refractivity contribution in [2.75, 3.05) is 5.32 Å². The Morgan fingerprint density at radius 3 is 2.50 bits per heavy atom. The first-order valence-corrected chi connectivity index (χ1v) is 8.86. The van der Waals surface area contributed by atoms with Crippen LogP contribution in [0.3, 0.4) is 0 Å². The first kappa shape index (κ1) is 18.3. The van der Waals surface area contributed by atoms with Gasteiger partial charge in [-0.15, -0.1) is 0 Å². The fraction of sp³-hybridized carbons (Fsp3) is 0.333. The Labute approximate surface area is 153 Å². The molecule has 1 fully saturated rings. The molecule has 1 atom stereocenters. The van der Waals surface area contributed by atoms with Crippen LogP contribution in [-0.4, -0.2) is 28.7 Å². The van der Waals surface area contributed by atoms with Gasteiger partial charge in [0.1, 0.15) is 5.82 Å². The van der Waals surface area contributed by atoms with Crippen molar-refractivity contribution < 1.29 is 14.0 Å². The highest BCUT2D eigenvalue weighted by molar-refractivity contribution is 5.98. The van der Waals surface area contributed by atoms with Gasteiger partial charge in [-0.1, -0.05) is 24.3 Å². The summed E-state index contributed by atoms with van der Waals surface area (Å²) in [5, 5.41) is 2.90. The van der Waals surface area contributed by atoms with Gasteiger partial charge in [-0.05, 0) is 56.5 Å². The quantitative estimate of drug-likeness (QED) is 0.764. The normalized spacial score (nSPS) is 14.9. The third-order valence-corrected chi connectivity index (χ3v) is 4.71. The molecule has 3 rings (SSSR count). The van der Waals surface area contributed by atoms with Gasteiger partial charge < -0.3 is 5.32 Å². The summed E-state index contributed by atoms with van der Waals surface area (Å²) >= 11 is 0. The monoisotopic (exact) mass is 354 g/mol. The molecular weight excluding hydrogens is 331 g/mol. The highest BCUT2D eigenvalue weighted by atomic mass is 19.1. The molecule has 0 heterocycles. The molecule has 4 nitrogen and oxygen atoms in total. The summed E-state index contributed by atoms with van der Waals surface area (Å²) in [7, 11) is 0. The summed E-state index contributed by atoms with van der Waals surface area (Å²) in [6.45, 7) is 3.99. The average Bonchev–Trinajstić information content (AvgIpc) is 3.46. The molecule has 5 heteroatoms. The summed E-state index contributed by atoms with van der Waals surface area (Å²) in [5.41, 5.74) is 2.17. The van der Waals surface area contributed by atoms with Crippen LogP contribution < -0.4 is 5.32 Å². The highest BCUT2D eigenvalue weighted by Crippen LogP contribution is 2.30. The van der Waals surface area contributed by atoms with E-state index in [2.05, 4.69) is 10.2 Å². The van der Waals surface area contributed by atoms with Crippen LogP contribution in [0.5, 0.6) is 0 Å². The Kier molecular flexibility index (Phi) is 5.47. The SMILES string of the molecule is CC(=O)c1cccc(NC(=O)[C@@H](C)N(Cc2ccc(F)cc2)C2CC2)c1. The highest BCUT2D eigenvalue weighted by Gasteiger charge is 2.35. The van der Waals surface area contributed by atoms with Gasteiger partial charge in [-0.25, -0.2) is 4.39 Å². The van der Waals surface area contributed by atoms with Crippen molar-refractivity contribution in [1.29, 1.82) is 0 Å². The van der Waals surface area contributed by atoms with Crippen molar-refractivity contribution >= 4 is 17.4 Å². The van der Waals surface area contributed by atoms with Crippen LogP contribution >= 0.6 is 0 Å². The maximum Gasteiger partial charge on any atom is 0.241 e. The molecule has 0 aromatic heterocycles. The van der Waals surface area contributed by atoms with E-state index in [1.807, 2.05) is 6.92 Å². The molecule has 136 valence electrons. The largest absolute Gasteiger partial charge is 0.325 e. The van der Waals surface area contributed by atoms with Gasteiger partial charge in [0.2, 0.25) is 5.91 Å². The minimum atomic E-state index is -0.325. The second kappa shape index (κ2) is 7.79. The topological polar surface area (TPSA) is 49.4 Å². The van der Waals surface area contributed by atoms with Crippen LogP contribution in [0.1, 0.15) is 42.6 Å². The fourth-order valence-corrected chi connectivity index (χ4v) is 3.00. The Morgan fingerprint density at radius 1 is 1.19 bits per heavy atom. The van der Waals surface area contributed by atoms with Crippen LogP contribution in [0.4, 0.5) is 10.1 Å². The lowest BCUT2D eigenvalue weighted by Gasteiger charge is -2.28. The van der Waals surface area contributed by atoms with Gasteiger partial charge in [-0.2, -0.15) is 0 Å². The number of ketones is 1. The van der Waals surface area contributed by atoms with E-state index in [-0.39, 0.29) is 23.5 Å². The number of amides is 1. The van der Waals surface area contributed by atoms with Crippen molar-refractivity contribution in [2.24, 2.45) is 0 Å². The molecule has 0 aliphatic heterocycles. The van der Waals surface area contributed by atoms with Crippen molar-refractivity contribution in [3.05, 3.63) is 65.5 Å². The van der Waals surface area contributed by atoms with Gasteiger partial charge in [-0.3, -0.25) is 14.5 Å². The molecule has 2 aromatic rings. The third-order valence-electron chi connectivity index (χ3n) is 4.71. The van der Waals surface area contributed by atoms with Gasteiger partial charge in [0.25, 0.3) is 0 Å². The van der Waals surface area contributed by atoms with Crippen molar-refractivity contribution in [3.63, 3.8) is 0 Å². The Bertz CT molecular complexity index is 800. The van der Waals surface area contributed by atoms with Crippen molar-refractivity contribution in [1.82, 2.24) is 4.90 Å². The predicted molar refractivity (Wildman–Crippen MR) is 99.5 cm³/mol. The molecule has 2 aromatic carbocycles. The lowest BCUT2D eigenvalue weighted by molar-refractivity contribution is -0.121. The van der Waals surface area contributed by atoms with Gasteiger partial charge >= 0.3 is 0 Å². The van der Waals surface area contributed by atoms with Crippen LogP contribution in [0, 0.1) is 5.82 Å². The molecule has 1 aliphatic rings. The predicted octanol–water partition coefficient (Wildman–Crippen LogP) is 4.02. The first-order valence-electron chi connectivity index (χ1n) is 8.86. The second-order valence-electron chi connectivity index (χ2n) is 6.83. The zero-order chi connectivity index (χ0) is 18.7. The van der Waals surface area contributed by atoms with Gasteiger partial charge in [0, 0.05) is 23.8 Å². The number of nitrogens with zero attached hydrogens (tertiary/aromatic N) is 1. The van der Waals surface area contributed by atoms with Gasteiger partial charge in [0.05, 0.1) is 6.04 Å². The lowest BCUT2D eigenvalue weighted by Crippen LogP contribution is -2.43. The van der Waals surface area contributed by atoms with Crippen LogP contribution in [0.25, 0.3) is 0 Å². The molecule has 1 N–H and O–H groups in total. The van der Waals surface area contributed by atoms with Gasteiger partial charge in [0.15, 0.2) is 5.78 Å². The summed E-state index contributed by atoms with van der Waals surface area (Å²) < 4.78 is 13.1. The number of carbonyl (C=O) groups is 2. The number of Topliss-reactive ketones (excluding diaryl/α,β-unsaturated/α-hetero) is 1. The maximum atomic E-state index is 13.1. The first-order chi connectivity index (χ1) is 12.4. The molecule has 0 unspecified atom stereocenters. The van der Waals surface area contributed by atoms with Crippen LogP contribution in [0.15, 0.2) is 48.5 Å². The third kappa shape index (κ3) is 4.55. The van der Waals surface area contributed by atoms with E-state index < -0.39 is 0 Å². The van der Waals surface area contributed by atoms with E-state index in [0.717, 1.165) is 18.4 Å². The number of anilines is 1. The Morgan fingerprint density at radius 2 is 1.88 bits per heavy atom. The maximum absolute atomic E-state index is 13.1. The molecule has 1 aliphatic carbocycles. The van der Waals surface area contributed by atoms with Crippen LogP contribution in [0.2, 0.25) is 0 Å². The molecule has 0 bridgehead atoms. The second-order valence-corrected chi connectivity index (χ2v) is 6.83. The number of rotatable bonds is 7. The summed E-state index contributed by atoms with van der Waals surface area (Å²) in [4.78, 5) is 26.4. The number of hydrogen-bond donors (Lipinski definition) is 1. The number of nitrogens with one attached hydrogen (secondary N) is 1. The molecule has 0 saturated heterocycles. The molecular formula is C21H23FN2O2. The van der Waals surface area contributed by atoms with Crippen molar-refractivity contribution in [3.8, 4) is 0 Å². The van der Waals surface area contributed by atoms with E-state index in [0.29, 0.717) is 23.8 Å². The molecule has 0 spiro atoms. The van der Waals surface area contributed by atoms with E-state index in [9.17, 15) is 14.0 Å². The van der Waals surface area contributed by atoms with Crippen LogP contribution in [-0.2, 0) is 11.3 Å². The van der Waals surface area contributed by atoms with E-state index in [4.69, 9.17) is 0 Å². The zero-order valence-electron chi connectivity index (χ0n) is 15.0. The van der Waals surface area contributed by atoms with E-state index in [1.165, 1.54) is 19.1 Å². The molecule has 0 radical (unpaired) electrons. The summed E-state index contributed by atoms with van der Waals surface area (Å²) in [5.74, 6) is -0.410. The number of hydrogen-bond acceptors (Lipinski definition) is 3. The minimum Gasteiger partial charge on any atom is -0.325 e. The molecule has 1 saturated carbocycles. The van der Waals surface area contributed by atoms with E-state index >= 15 is 0 Å². The van der Waals surface area contributed by atoms with Crippen molar-refractivity contribution in [2.45, 2.75) is 45.3 Å². The Balaban J connectivity index is 1.69.